The number of anilines is 1. The number of nitrogens with one attached hydrogen (secondary N) is 3. The Morgan fingerprint density at radius 1 is 1.08 bits per heavy atom. The van der Waals surface area contributed by atoms with Crippen molar-refractivity contribution in [2.45, 2.75) is 11.8 Å². The Hall–Kier alpha value is -3.40. The van der Waals surface area contributed by atoms with E-state index in [9.17, 15) is 22.8 Å². The molecule has 26 heavy (non-hydrogen) atoms. The molecule has 0 aliphatic carbocycles. The molecule has 3 rings (SSSR count). The van der Waals surface area contributed by atoms with Crippen LogP contribution in [0.4, 0.5) is 5.69 Å². The minimum Gasteiger partial charge on any atom is -0.377 e. The zero-order chi connectivity index (χ0) is 18.9. The van der Waals surface area contributed by atoms with Crippen molar-refractivity contribution in [3.8, 4) is 5.75 Å². The van der Waals surface area contributed by atoms with Crippen molar-refractivity contribution in [1.29, 1.82) is 0 Å². The summed E-state index contributed by atoms with van der Waals surface area (Å²) in [5, 5.41) is 2.46. The van der Waals surface area contributed by atoms with E-state index in [4.69, 9.17) is 4.18 Å². The standard InChI is InChI=1S/C16H13N3O6S/c1-9(20)17-13-4-2-3-5-14(13)25-26(23,24)10-6-7-12-11(8-10)15(21)19-16(22)18-12/h2-8H,1H3,(H,17,20)(H2,18,19,21,22). The van der Waals surface area contributed by atoms with E-state index in [1.165, 1.54) is 31.2 Å². The number of aromatic nitrogens is 2. The van der Waals surface area contributed by atoms with E-state index < -0.39 is 21.4 Å². The van der Waals surface area contributed by atoms with Gasteiger partial charge >= 0.3 is 15.8 Å². The van der Waals surface area contributed by atoms with Gasteiger partial charge in [0.1, 0.15) is 4.90 Å². The summed E-state index contributed by atoms with van der Waals surface area (Å²) >= 11 is 0. The molecule has 0 aliphatic rings. The molecule has 10 heteroatoms. The van der Waals surface area contributed by atoms with Gasteiger partial charge in [-0.2, -0.15) is 8.42 Å². The molecule has 1 amide bonds. The van der Waals surface area contributed by atoms with Crippen LogP contribution < -0.4 is 20.7 Å². The van der Waals surface area contributed by atoms with Crippen LogP contribution in [0.2, 0.25) is 0 Å². The van der Waals surface area contributed by atoms with E-state index >= 15 is 0 Å². The van der Waals surface area contributed by atoms with E-state index in [-0.39, 0.29) is 33.1 Å². The Bertz CT molecular complexity index is 1230. The fourth-order valence-electron chi connectivity index (χ4n) is 2.30. The molecule has 0 spiro atoms. The van der Waals surface area contributed by atoms with Crippen molar-refractivity contribution in [3.05, 3.63) is 63.3 Å². The number of benzene rings is 2. The van der Waals surface area contributed by atoms with E-state index in [0.717, 1.165) is 6.07 Å². The molecule has 0 bridgehead atoms. The molecule has 2 aromatic carbocycles. The first-order chi connectivity index (χ1) is 12.3. The molecule has 134 valence electrons. The van der Waals surface area contributed by atoms with Gasteiger partial charge in [0.05, 0.1) is 16.6 Å². The zero-order valence-electron chi connectivity index (χ0n) is 13.4. The minimum absolute atomic E-state index is 0.00980. The van der Waals surface area contributed by atoms with Gasteiger partial charge in [0.15, 0.2) is 5.75 Å². The monoisotopic (exact) mass is 375 g/mol. The minimum atomic E-state index is -4.29. The first-order valence-electron chi connectivity index (χ1n) is 7.34. The highest BCUT2D eigenvalue weighted by Crippen LogP contribution is 2.27. The highest BCUT2D eigenvalue weighted by molar-refractivity contribution is 7.87. The molecule has 1 heterocycles. The van der Waals surface area contributed by atoms with Gasteiger partial charge in [0.25, 0.3) is 5.56 Å². The molecular weight excluding hydrogens is 362 g/mol. The molecule has 3 aromatic rings. The van der Waals surface area contributed by atoms with Crippen LogP contribution in [-0.2, 0) is 14.9 Å². The largest absolute Gasteiger partial charge is 0.377 e. The van der Waals surface area contributed by atoms with Gasteiger partial charge in [-0.05, 0) is 30.3 Å². The molecule has 0 fully saturated rings. The summed E-state index contributed by atoms with van der Waals surface area (Å²) in [5.74, 6) is -0.460. The van der Waals surface area contributed by atoms with Crippen LogP contribution in [0.15, 0.2) is 56.9 Å². The number of aromatic amines is 2. The second-order valence-corrected chi connectivity index (χ2v) is 6.88. The van der Waals surface area contributed by atoms with Crippen molar-refractivity contribution in [3.63, 3.8) is 0 Å². The SMILES string of the molecule is CC(=O)Nc1ccccc1OS(=O)(=O)c1ccc2[nH]c(=O)[nH]c(=O)c2c1. The van der Waals surface area contributed by atoms with E-state index in [0.29, 0.717) is 0 Å². The molecule has 1 aromatic heterocycles. The summed E-state index contributed by atoms with van der Waals surface area (Å²) in [6.45, 7) is 1.28. The molecule has 0 saturated heterocycles. The lowest BCUT2D eigenvalue weighted by atomic mass is 10.2. The first kappa shape index (κ1) is 17.4. The lowest BCUT2D eigenvalue weighted by molar-refractivity contribution is -0.114. The number of rotatable bonds is 4. The van der Waals surface area contributed by atoms with Gasteiger partial charge in [0, 0.05) is 6.92 Å². The molecular formula is C16H13N3O6S. The Morgan fingerprint density at radius 2 is 1.81 bits per heavy atom. The number of hydrogen-bond acceptors (Lipinski definition) is 6. The van der Waals surface area contributed by atoms with Crippen LogP contribution in [0.1, 0.15) is 6.92 Å². The summed E-state index contributed by atoms with van der Waals surface area (Å²) in [7, 11) is -4.29. The predicted molar refractivity (Wildman–Crippen MR) is 93.7 cm³/mol. The summed E-state index contributed by atoms with van der Waals surface area (Å²) < 4.78 is 30.2. The van der Waals surface area contributed by atoms with Crippen molar-refractivity contribution in [2.75, 3.05) is 5.32 Å². The van der Waals surface area contributed by atoms with Crippen LogP contribution in [0, 0.1) is 0 Å². The smallest absolute Gasteiger partial charge is 0.339 e. The number of amides is 1. The van der Waals surface area contributed by atoms with E-state index in [1.807, 2.05) is 4.98 Å². The second kappa shape index (κ2) is 6.48. The third-order valence-corrected chi connectivity index (χ3v) is 4.63. The highest BCUT2D eigenvalue weighted by Gasteiger charge is 2.20. The lowest BCUT2D eigenvalue weighted by Gasteiger charge is -2.11. The number of H-pyrrole nitrogens is 2. The number of carbonyl (C=O) groups is 1. The van der Waals surface area contributed by atoms with E-state index in [1.54, 1.807) is 12.1 Å². The highest BCUT2D eigenvalue weighted by atomic mass is 32.2. The molecule has 0 unspecified atom stereocenters. The quantitative estimate of drug-likeness (QED) is 0.580. The van der Waals surface area contributed by atoms with Crippen LogP contribution in [-0.4, -0.2) is 24.3 Å². The third kappa shape index (κ3) is 3.49. The summed E-state index contributed by atoms with van der Waals surface area (Å²) in [5.41, 5.74) is -1.04. The lowest BCUT2D eigenvalue weighted by Crippen LogP contribution is -2.22. The first-order valence-corrected chi connectivity index (χ1v) is 8.74. The van der Waals surface area contributed by atoms with Gasteiger partial charge in [-0.1, -0.05) is 12.1 Å². The second-order valence-electron chi connectivity index (χ2n) is 5.33. The Labute approximate surface area is 146 Å². The van der Waals surface area contributed by atoms with Gasteiger partial charge in [-0.3, -0.25) is 14.6 Å². The number of hydrogen-bond donors (Lipinski definition) is 3. The Morgan fingerprint density at radius 3 is 2.54 bits per heavy atom. The topological polar surface area (TPSA) is 138 Å². The average molecular weight is 375 g/mol. The normalized spacial score (nSPS) is 11.3. The molecule has 3 N–H and O–H groups in total. The van der Waals surface area contributed by atoms with Crippen LogP contribution in [0.3, 0.4) is 0 Å². The van der Waals surface area contributed by atoms with Crippen LogP contribution in [0.5, 0.6) is 5.75 Å². The summed E-state index contributed by atoms with van der Waals surface area (Å²) in [6.07, 6.45) is 0. The molecule has 0 atom stereocenters. The van der Waals surface area contributed by atoms with Crippen molar-refractivity contribution < 1.29 is 17.4 Å². The molecule has 0 saturated carbocycles. The van der Waals surface area contributed by atoms with Gasteiger partial charge in [0.2, 0.25) is 5.91 Å². The number of fused-ring (bicyclic) bond motifs is 1. The maximum absolute atomic E-state index is 12.5. The summed E-state index contributed by atoms with van der Waals surface area (Å²) in [4.78, 5) is 38.5. The Balaban J connectivity index is 2.04. The van der Waals surface area contributed by atoms with E-state index in [2.05, 4.69) is 10.3 Å². The van der Waals surface area contributed by atoms with Gasteiger partial charge in [-0.15, -0.1) is 0 Å². The fraction of sp³-hybridized carbons (Fsp3) is 0.0625. The van der Waals surface area contributed by atoms with Gasteiger partial charge < -0.3 is 14.5 Å². The summed E-state index contributed by atoms with van der Waals surface area (Å²) in [6, 6.07) is 9.62. The van der Waals surface area contributed by atoms with Crippen molar-refractivity contribution >= 4 is 32.6 Å². The van der Waals surface area contributed by atoms with Gasteiger partial charge in [-0.25, -0.2) is 4.79 Å². The maximum Gasteiger partial charge on any atom is 0.339 e. The maximum atomic E-state index is 12.5. The average Bonchev–Trinajstić information content (AvgIpc) is 2.55. The van der Waals surface area contributed by atoms with Crippen molar-refractivity contribution in [1.82, 2.24) is 9.97 Å². The third-order valence-electron chi connectivity index (χ3n) is 3.40. The fourth-order valence-corrected chi connectivity index (χ4v) is 3.27. The molecule has 9 nitrogen and oxygen atoms in total. The molecule has 0 radical (unpaired) electrons. The number of carbonyl (C=O) groups excluding carboxylic acids is 1. The molecule has 0 aliphatic heterocycles. The van der Waals surface area contributed by atoms with Crippen molar-refractivity contribution in [2.24, 2.45) is 0 Å². The van der Waals surface area contributed by atoms with Crippen LogP contribution >= 0.6 is 0 Å². The zero-order valence-corrected chi connectivity index (χ0v) is 14.2. The Kier molecular flexibility index (Phi) is 4.34. The van der Waals surface area contributed by atoms with Crippen LogP contribution in [0.25, 0.3) is 10.9 Å². The number of para-hydroxylation sites is 2. The predicted octanol–water partition coefficient (Wildman–Crippen LogP) is 0.942.